The average Bonchev–Trinajstić information content (AvgIpc) is 2.78. The number of aromatic carboxylic acids is 1. The summed E-state index contributed by atoms with van der Waals surface area (Å²) in [5.74, 6) is -1.02. The molecule has 0 aliphatic rings. The molecule has 100 valence electrons. The van der Waals surface area contributed by atoms with E-state index < -0.39 is 5.97 Å². The van der Waals surface area contributed by atoms with Crippen molar-refractivity contribution in [3.8, 4) is 0 Å². The molecule has 6 nitrogen and oxygen atoms in total. The Kier molecular flexibility index (Phi) is 5.57. The Bertz CT molecular complexity index is 419. The van der Waals surface area contributed by atoms with Crippen molar-refractivity contribution in [3.05, 3.63) is 16.1 Å². The summed E-state index contributed by atoms with van der Waals surface area (Å²) in [5, 5.41) is 13.7. The maximum absolute atomic E-state index is 11.5. The summed E-state index contributed by atoms with van der Waals surface area (Å²) in [4.78, 5) is 27.7. The molecule has 1 heterocycles. The molecule has 0 bridgehead atoms. The fraction of sp³-hybridized carbons (Fsp3) is 0.545. The summed E-state index contributed by atoms with van der Waals surface area (Å²) in [6.07, 6.45) is 1.46. The molecule has 1 rings (SSSR count). The molecule has 0 aromatic carbocycles. The van der Waals surface area contributed by atoms with Crippen LogP contribution < -0.4 is 5.32 Å². The van der Waals surface area contributed by atoms with Crippen LogP contribution >= 0.6 is 11.3 Å². The number of carbonyl (C=O) groups is 2. The molecule has 0 atom stereocenters. The topological polar surface area (TPSA) is 82.5 Å². The summed E-state index contributed by atoms with van der Waals surface area (Å²) in [6.45, 7) is 3.18. The Balaban J connectivity index is 2.32. The van der Waals surface area contributed by atoms with E-state index in [9.17, 15) is 9.59 Å². The number of hydrogen-bond donors (Lipinski definition) is 2. The van der Waals surface area contributed by atoms with Crippen molar-refractivity contribution in [3.63, 3.8) is 0 Å². The van der Waals surface area contributed by atoms with Gasteiger partial charge in [-0.05, 0) is 6.42 Å². The zero-order valence-electron chi connectivity index (χ0n) is 10.5. The van der Waals surface area contributed by atoms with E-state index in [1.165, 1.54) is 16.7 Å². The number of aromatic nitrogens is 1. The van der Waals surface area contributed by atoms with Crippen LogP contribution in [0.4, 0.5) is 4.79 Å². The Hall–Kier alpha value is -1.63. The van der Waals surface area contributed by atoms with E-state index in [0.717, 1.165) is 6.42 Å². The smallest absolute Gasteiger partial charge is 0.355 e. The van der Waals surface area contributed by atoms with Gasteiger partial charge in [-0.3, -0.25) is 0 Å². The van der Waals surface area contributed by atoms with Crippen LogP contribution in [0.25, 0.3) is 0 Å². The third-order valence-electron chi connectivity index (χ3n) is 2.29. The number of thiazole rings is 1. The van der Waals surface area contributed by atoms with E-state index in [4.69, 9.17) is 5.11 Å². The SMILES string of the molecule is CCCN(C)C(=O)NCCc1nc(C(=O)O)cs1. The highest BCUT2D eigenvalue weighted by Gasteiger charge is 2.09. The van der Waals surface area contributed by atoms with Crippen LogP contribution in [-0.2, 0) is 6.42 Å². The molecule has 18 heavy (non-hydrogen) atoms. The maximum atomic E-state index is 11.5. The van der Waals surface area contributed by atoms with Crippen molar-refractivity contribution in [1.29, 1.82) is 0 Å². The lowest BCUT2D eigenvalue weighted by Gasteiger charge is -2.16. The van der Waals surface area contributed by atoms with E-state index in [1.807, 2.05) is 6.92 Å². The Morgan fingerprint density at radius 1 is 1.56 bits per heavy atom. The first kappa shape index (κ1) is 14.4. The third kappa shape index (κ3) is 4.33. The molecule has 0 saturated carbocycles. The van der Waals surface area contributed by atoms with Gasteiger partial charge in [-0.25, -0.2) is 14.6 Å². The molecule has 0 fully saturated rings. The first-order chi connectivity index (χ1) is 8.54. The zero-order valence-corrected chi connectivity index (χ0v) is 11.3. The lowest BCUT2D eigenvalue weighted by molar-refractivity contribution is 0.0691. The van der Waals surface area contributed by atoms with Crippen molar-refractivity contribution in [2.75, 3.05) is 20.1 Å². The molecule has 0 aliphatic carbocycles. The van der Waals surface area contributed by atoms with Crippen molar-refractivity contribution < 1.29 is 14.7 Å². The molecule has 0 radical (unpaired) electrons. The van der Waals surface area contributed by atoms with Gasteiger partial charge in [0, 0.05) is 31.9 Å². The summed E-state index contributed by atoms with van der Waals surface area (Å²) in [5.41, 5.74) is 0.0597. The van der Waals surface area contributed by atoms with E-state index in [0.29, 0.717) is 24.5 Å². The fourth-order valence-electron chi connectivity index (χ4n) is 1.37. The van der Waals surface area contributed by atoms with Crippen LogP contribution in [0.5, 0.6) is 0 Å². The van der Waals surface area contributed by atoms with Gasteiger partial charge in [0.15, 0.2) is 5.69 Å². The quantitative estimate of drug-likeness (QED) is 0.820. The molecule has 1 aromatic heterocycles. The number of carboxylic acids is 1. The highest BCUT2D eigenvalue weighted by Crippen LogP contribution is 2.09. The van der Waals surface area contributed by atoms with Crippen LogP contribution in [0.15, 0.2) is 5.38 Å². The standard InChI is InChI=1S/C11H17N3O3S/c1-3-6-14(2)11(17)12-5-4-9-13-8(7-18-9)10(15)16/h7H,3-6H2,1-2H3,(H,12,17)(H,15,16). The third-order valence-corrected chi connectivity index (χ3v) is 3.20. The van der Waals surface area contributed by atoms with Crippen molar-refractivity contribution >= 4 is 23.3 Å². The summed E-state index contributed by atoms with van der Waals surface area (Å²) in [6, 6.07) is -0.119. The van der Waals surface area contributed by atoms with Gasteiger partial charge in [-0.1, -0.05) is 6.92 Å². The van der Waals surface area contributed by atoms with Gasteiger partial charge in [0.25, 0.3) is 0 Å². The van der Waals surface area contributed by atoms with Crippen molar-refractivity contribution in [2.24, 2.45) is 0 Å². The van der Waals surface area contributed by atoms with Crippen LogP contribution in [0.3, 0.4) is 0 Å². The van der Waals surface area contributed by atoms with E-state index in [1.54, 1.807) is 11.9 Å². The van der Waals surface area contributed by atoms with Crippen molar-refractivity contribution in [2.45, 2.75) is 19.8 Å². The monoisotopic (exact) mass is 271 g/mol. The number of nitrogens with zero attached hydrogens (tertiary/aromatic N) is 2. The van der Waals surface area contributed by atoms with E-state index >= 15 is 0 Å². The fourth-order valence-corrected chi connectivity index (χ4v) is 2.14. The first-order valence-corrected chi connectivity index (χ1v) is 6.59. The minimum atomic E-state index is -1.02. The molecule has 2 amide bonds. The predicted molar refractivity (Wildman–Crippen MR) is 69.1 cm³/mol. The number of carbonyl (C=O) groups excluding carboxylic acids is 1. The zero-order chi connectivity index (χ0) is 13.5. The molecule has 0 unspecified atom stereocenters. The number of hydrogen-bond acceptors (Lipinski definition) is 4. The second-order valence-electron chi connectivity index (χ2n) is 3.84. The Morgan fingerprint density at radius 2 is 2.28 bits per heavy atom. The molecule has 2 N–H and O–H groups in total. The van der Waals surface area contributed by atoms with E-state index in [2.05, 4.69) is 10.3 Å². The lowest BCUT2D eigenvalue weighted by atomic mass is 10.4. The van der Waals surface area contributed by atoms with Gasteiger partial charge >= 0.3 is 12.0 Å². The Morgan fingerprint density at radius 3 is 2.83 bits per heavy atom. The van der Waals surface area contributed by atoms with Gasteiger partial charge in [-0.2, -0.15) is 0 Å². The molecular formula is C11H17N3O3S. The van der Waals surface area contributed by atoms with Crippen LogP contribution in [0.1, 0.15) is 28.8 Å². The average molecular weight is 271 g/mol. The van der Waals surface area contributed by atoms with Crippen LogP contribution in [-0.4, -0.2) is 47.1 Å². The summed E-state index contributed by atoms with van der Waals surface area (Å²) >= 11 is 1.29. The first-order valence-electron chi connectivity index (χ1n) is 5.71. The molecule has 0 aliphatic heterocycles. The van der Waals surface area contributed by atoms with E-state index in [-0.39, 0.29) is 11.7 Å². The minimum Gasteiger partial charge on any atom is -0.476 e. The minimum absolute atomic E-state index is 0.0597. The second kappa shape index (κ2) is 6.95. The second-order valence-corrected chi connectivity index (χ2v) is 4.78. The van der Waals surface area contributed by atoms with Gasteiger partial charge < -0.3 is 15.3 Å². The number of urea groups is 1. The lowest BCUT2D eigenvalue weighted by Crippen LogP contribution is -2.38. The summed E-state index contributed by atoms with van der Waals surface area (Å²) in [7, 11) is 1.74. The molecular weight excluding hydrogens is 254 g/mol. The highest BCUT2D eigenvalue weighted by molar-refractivity contribution is 7.09. The largest absolute Gasteiger partial charge is 0.476 e. The predicted octanol–water partition coefficient (Wildman–Crippen LogP) is 1.44. The number of rotatable bonds is 6. The number of carboxylic acid groups (broad SMARTS) is 1. The maximum Gasteiger partial charge on any atom is 0.355 e. The summed E-state index contributed by atoms with van der Waals surface area (Å²) < 4.78 is 0. The normalized spacial score (nSPS) is 10.1. The molecule has 7 heteroatoms. The van der Waals surface area contributed by atoms with Gasteiger partial charge in [0.1, 0.15) is 0 Å². The molecule has 0 spiro atoms. The Labute approximate surface area is 110 Å². The molecule has 0 saturated heterocycles. The van der Waals surface area contributed by atoms with Crippen molar-refractivity contribution in [1.82, 2.24) is 15.2 Å². The highest BCUT2D eigenvalue weighted by atomic mass is 32.1. The number of amides is 2. The van der Waals surface area contributed by atoms with Gasteiger partial charge in [-0.15, -0.1) is 11.3 Å². The van der Waals surface area contributed by atoms with Gasteiger partial charge in [0.2, 0.25) is 0 Å². The number of nitrogens with one attached hydrogen (secondary N) is 1. The van der Waals surface area contributed by atoms with Crippen LogP contribution in [0, 0.1) is 0 Å². The van der Waals surface area contributed by atoms with Crippen LogP contribution in [0.2, 0.25) is 0 Å². The molecule has 1 aromatic rings. The van der Waals surface area contributed by atoms with Gasteiger partial charge in [0.05, 0.1) is 5.01 Å².